The Bertz CT molecular complexity index is 530. The van der Waals surface area contributed by atoms with Gasteiger partial charge in [-0.1, -0.05) is 24.3 Å². The molecule has 0 fully saturated rings. The standard InChI is InChI=1S/C14H12O3/c1-8(15)17-12-7-6-11(16)13-9-4-2-3-5-10(9)14(12)13/h2-7,12-14H,1H3/t12-,13-,14+/m0/s1. The molecule has 0 saturated carbocycles. The van der Waals surface area contributed by atoms with Crippen molar-refractivity contribution in [1.29, 1.82) is 0 Å². The molecule has 3 heteroatoms. The van der Waals surface area contributed by atoms with Crippen LogP contribution >= 0.6 is 0 Å². The number of ketones is 1. The molecular formula is C14H12O3. The molecule has 3 nitrogen and oxygen atoms in total. The molecule has 0 amide bonds. The number of allylic oxidation sites excluding steroid dienone is 1. The summed E-state index contributed by atoms with van der Waals surface area (Å²) in [6, 6.07) is 7.85. The van der Waals surface area contributed by atoms with E-state index in [4.69, 9.17) is 4.74 Å². The van der Waals surface area contributed by atoms with E-state index in [-0.39, 0.29) is 29.7 Å². The van der Waals surface area contributed by atoms with E-state index in [0.29, 0.717) is 0 Å². The summed E-state index contributed by atoms with van der Waals surface area (Å²) in [6.07, 6.45) is 2.93. The normalized spacial score (nSPS) is 29.0. The van der Waals surface area contributed by atoms with Crippen molar-refractivity contribution in [2.45, 2.75) is 24.9 Å². The molecule has 0 aromatic heterocycles. The number of fused-ring (bicyclic) bond motifs is 4. The zero-order valence-corrected chi connectivity index (χ0v) is 9.42. The summed E-state index contributed by atoms with van der Waals surface area (Å²) in [5, 5.41) is 0. The molecule has 0 unspecified atom stereocenters. The highest BCUT2D eigenvalue weighted by Gasteiger charge is 2.48. The lowest BCUT2D eigenvalue weighted by Gasteiger charge is -2.43. The minimum absolute atomic E-state index is 0.00704. The molecule has 3 rings (SSSR count). The van der Waals surface area contributed by atoms with E-state index in [1.165, 1.54) is 13.0 Å². The number of carbonyl (C=O) groups is 2. The lowest BCUT2D eigenvalue weighted by molar-refractivity contribution is -0.146. The van der Waals surface area contributed by atoms with Crippen molar-refractivity contribution in [2.24, 2.45) is 0 Å². The second kappa shape index (κ2) is 3.55. The van der Waals surface area contributed by atoms with E-state index in [0.717, 1.165) is 11.1 Å². The average Bonchev–Trinajstić information content (AvgIpc) is 2.26. The largest absolute Gasteiger partial charge is 0.458 e. The molecule has 1 aromatic rings. The molecule has 3 atom stereocenters. The van der Waals surface area contributed by atoms with E-state index in [2.05, 4.69) is 0 Å². The lowest BCUT2D eigenvalue weighted by Crippen LogP contribution is -2.41. The Balaban J connectivity index is 2.00. The number of hydrogen-bond donors (Lipinski definition) is 0. The third-order valence-electron chi connectivity index (χ3n) is 3.46. The Hall–Kier alpha value is -1.90. The van der Waals surface area contributed by atoms with E-state index in [9.17, 15) is 9.59 Å². The van der Waals surface area contributed by atoms with Gasteiger partial charge < -0.3 is 4.74 Å². The molecule has 1 aromatic carbocycles. The van der Waals surface area contributed by atoms with Gasteiger partial charge in [-0.2, -0.15) is 0 Å². The summed E-state index contributed by atoms with van der Waals surface area (Å²) in [6.45, 7) is 1.39. The lowest BCUT2D eigenvalue weighted by atomic mass is 9.61. The first-order valence-corrected chi connectivity index (χ1v) is 5.66. The topological polar surface area (TPSA) is 43.4 Å². The maximum atomic E-state index is 11.8. The molecular weight excluding hydrogens is 216 g/mol. The molecule has 2 aliphatic carbocycles. The molecule has 0 N–H and O–H groups in total. The van der Waals surface area contributed by atoms with Crippen LogP contribution < -0.4 is 0 Å². The summed E-state index contributed by atoms with van der Waals surface area (Å²) in [5.74, 6) is -0.317. The van der Waals surface area contributed by atoms with Crippen LogP contribution in [-0.4, -0.2) is 17.9 Å². The fourth-order valence-electron chi connectivity index (χ4n) is 2.79. The van der Waals surface area contributed by atoms with Gasteiger partial charge in [0.25, 0.3) is 0 Å². The Morgan fingerprint density at radius 3 is 2.65 bits per heavy atom. The van der Waals surface area contributed by atoms with E-state index in [1.54, 1.807) is 6.08 Å². The van der Waals surface area contributed by atoms with Crippen molar-refractivity contribution in [1.82, 2.24) is 0 Å². The first-order chi connectivity index (χ1) is 8.18. The summed E-state index contributed by atoms with van der Waals surface area (Å²) in [4.78, 5) is 22.9. The van der Waals surface area contributed by atoms with Crippen molar-refractivity contribution in [2.75, 3.05) is 0 Å². The van der Waals surface area contributed by atoms with Crippen molar-refractivity contribution in [3.63, 3.8) is 0 Å². The number of carbonyl (C=O) groups excluding carboxylic acids is 2. The van der Waals surface area contributed by atoms with E-state index < -0.39 is 0 Å². The fraction of sp³-hybridized carbons (Fsp3) is 0.286. The van der Waals surface area contributed by atoms with Crippen molar-refractivity contribution < 1.29 is 14.3 Å². The fourth-order valence-corrected chi connectivity index (χ4v) is 2.79. The Labute approximate surface area is 99.1 Å². The minimum Gasteiger partial charge on any atom is -0.458 e. The molecule has 86 valence electrons. The SMILES string of the molecule is CC(=O)O[C@H]1C=CC(=O)[C@@H]2c3ccccc3[C@H]12. The van der Waals surface area contributed by atoms with E-state index in [1.807, 2.05) is 24.3 Å². The van der Waals surface area contributed by atoms with Gasteiger partial charge in [-0.25, -0.2) is 0 Å². The Morgan fingerprint density at radius 1 is 1.24 bits per heavy atom. The van der Waals surface area contributed by atoms with Crippen LogP contribution in [0.3, 0.4) is 0 Å². The molecule has 0 saturated heterocycles. The highest BCUT2D eigenvalue weighted by Crippen LogP contribution is 2.51. The van der Waals surface area contributed by atoms with Crippen LogP contribution in [0.2, 0.25) is 0 Å². The van der Waals surface area contributed by atoms with Crippen LogP contribution in [0.4, 0.5) is 0 Å². The van der Waals surface area contributed by atoms with Crippen LogP contribution in [0, 0.1) is 0 Å². The average molecular weight is 228 g/mol. The maximum absolute atomic E-state index is 11.8. The predicted molar refractivity (Wildman–Crippen MR) is 61.6 cm³/mol. The number of esters is 1. The molecule has 2 aliphatic rings. The number of ether oxygens (including phenoxy) is 1. The van der Waals surface area contributed by atoms with Gasteiger partial charge in [-0.05, 0) is 23.3 Å². The first kappa shape index (κ1) is 10.3. The predicted octanol–water partition coefficient (Wildman–Crippen LogP) is 1.94. The monoisotopic (exact) mass is 228 g/mol. The van der Waals surface area contributed by atoms with Gasteiger partial charge in [0.1, 0.15) is 6.10 Å². The number of benzene rings is 1. The molecule has 0 spiro atoms. The van der Waals surface area contributed by atoms with Crippen molar-refractivity contribution in [3.8, 4) is 0 Å². The van der Waals surface area contributed by atoms with Gasteiger partial charge >= 0.3 is 5.97 Å². The van der Waals surface area contributed by atoms with Gasteiger partial charge in [-0.3, -0.25) is 9.59 Å². The van der Waals surface area contributed by atoms with Crippen LogP contribution in [0.5, 0.6) is 0 Å². The minimum atomic E-state index is -0.308. The van der Waals surface area contributed by atoms with Gasteiger partial charge in [-0.15, -0.1) is 0 Å². The first-order valence-electron chi connectivity index (χ1n) is 5.66. The summed E-state index contributed by atoms with van der Waals surface area (Å²) >= 11 is 0. The van der Waals surface area contributed by atoms with Gasteiger partial charge in [0.05, 0.1) is 5.92 Å². The zero-order valence-electron chi connectivity index (χ0n) is 9.42. The van der Waals surface area contributed by atoms with Crippen LogP contribution in [-0.2, 0) is 14.3 Å². The van der Waals surface area contributed by atoms with Gasteiger partial charge in [0.2, 0.25) is 0 Å². The molecule has 0 radical (unpaired) electrons. The maximum Gasteiger partial charge on any atom is 0.303 e. The third-order valence-corrected chi connectivity index (χ3v) is 3.46. The van der Waals surface area contributed by atoms with E-state index >= 15 is 0 Å². The van der Waals surface area contributed by atoms with Gasteiger partial charge in [0, 0.05) is 12.8 Å². The Morgan fingerprint density at radius 2 is 1.94 bits per heavy atom. The second-order valence-electron chi connectivity index (χ2n) is 4.47. The summed E-state index contributed by atoms with van der Waals surface area (Å²) in [7, 11) is 0. The van der Waals surface area contributed by atoms with Crippen LogP contribution in [0.15, 0.2) is 36.4 Å². The zero-order chi connectivity index (χ0) is 12.0. The molecule has 0 heterocycles. The quantitative estimate of drug-likeness (QED) is 0.690. The third kappa shape index (κ3) is 1.42. The summed E-state index contributed by atoms with van der Waals surface area (Å²) < 4.78 is 5.25. The summed E-state index contributed by atoms with van der Waals surface area (Å²) in [5.41, 5.74) is 2.20. The smallest absolute Gasteiger partial charge is 0.303 e. The van der Waals surface area contributed by atoms with Crippen molar-refractivity contribution in [3.05, 3.63) is 47.5 Å². The number of hydrogen-bond acceptors (Lipinski definition) is 3. The van der Waals surface area contributed by atoms with Crippen molar-refractivity contribution >= 4 is 11.8 Å². The highest BCUT2D eigenvalue weighted by molar-refractivity contribution is 6.00. The van der Waals surface area contributed by atoms with Crippen LogP contribution in [0.25, 0.3) is 0 Å². The molecule has 0 bridgehead atoms. The molecule has 0 aliphatic heterocycles. The van der Waals surface area contributed by atoms with Crippen LogP contribution in [0.1, 0.15) is 29.9 Å². The number of rotatable bonds is 1. The second-order valence-corrected chi connectivity index (χ2v) is 4.47. The Kier molecular flexibility index (Phi) is 2.15. The van der Waals surface area contributed by atoms with Gasteiger partial charge in [0.15, 0.2) is 5.78 Å². The highest BCUT2D eigenvalue weighted by atomic mass is 16.5. The molecule has 17 heavy (non-hydrogen) atoms.